The number of phenols is 1. The molecular formula is C19H25N5O3. The molecule has 0 amide bonds. The van der Waals surface area contributed by atoms with Crippen LogP contribution in [0.3, 0.4) is 0 Å². The summed E-state index contributed by atoms with van der Waals surface area (Å²) in [4.78, 5) is 6.80. The van der Waals surface area contributed by atoms with E-state index in [4.69, 9.17) is 9.47 Å². The van der Waals surface area contributed by atoms with Gasteiger partial charge < -0.3 is 24.8 Å². The van der Waals surface area contributed by atoms with E-state index < -0.39 is 0 Å². The van der Waals surface area contributed by atoms with Crippen molar-refractivity contribution in [1.82, 2.24) is 10.3 Å². The third-order valence-electron chi connectivity index (χ3n) is 4.09. The molecule has 1 aromatic carbocycles. The zero-order valence-corrected chi connectivity index (χ0v) is 15.5. The molecule has 27 heavy (non-hydrogen) atoms. The summed E-state index contributed by atoms with van der Waals surface area (Å²) < 4.78 is 11.2. The van der Waals surface area contributed by atoms with Crippen molar-refractivity contribution in [2.75, 3.05) is 51.4 Å². The van der Waals surface area contributed by atoms with Crippen molar-refractivity contribution in [3.8, 4) is 11.6 Å². The van der Waals surface area contributed by atoms with E-state index in [1.54, 1.807) is 24.3 Å². The number of nitrogens with one attached hydrogen (secondary N) is 1. The normalized spacial score (nSPS) is 14.6. The summed E-state index contributed by atoms with van der Waals surface area (Å²) in [6.45, 7) is 4.76. The zero-order chi connectivity index (χ0) is 18.9. The van der Waals surface area contributed by atoms with Crippen LogP contribution in [0, 0.1) is 0 Å². The molecule has 2 N–H and O–H groups in total. The molecule has 0 spiro atoms. The van der Waals surface area contributed by atoms with E-state index in [0.717, 1.165) is 31.0 Å². The standard InChI is InChI=1S/C19H25N5O3/c1-20-6-9-27-19-13-17(24-7-10-26-11-8-24)12-16(22-19)14-21-23-15-2-4-18(25)5-3-15/h2-5,12-13,20,25H,6-11,14H2,1H3. The molecule has 1 saturated heterocycles. The number of anilines is 1. The van der Waals surface area contributed by atoms with Gasteiger partial charge in [0.25, 0.3) is 0 Å². The number of hydrogen-bond donors (Lipinski definition) is 2. The van der Waals surface area contributed by atoms with Gasteiger partial charge in [0, 0.05) is 31.4 Å². The summed E-state index contributed by atoms with van der Waals surface area (Å²) in [5.41, 5.74) is 2.53. The molecular weight excluding hydrogens is 346 g/mol. The Kier molecular flexibility index (Phi) is 6.95. The molecule has 1 aromatic heterocycles. The predicted molar refractivity (Wildman–Crippen MR) is 103 cm³/mol. The van der Waals surface area contributed by atoms with Crippen molar-refractivity contribution in [2.45, 2.75) is 6.54 Å². The number of phenolic OH excluding ortho intramolecular Hbond substituents is 1. The van der Waals surface area contributed by atoms with Crippen molar-refractivity contribution in [2.24, 2.45) is 10.2 Å². The summed E-state index contributed by atoms with van der Waals surface area (Å²) in [5.74, 6) is 0.793. The van der Waals surface area contributed by atoms with E-state index in [2.05, 4.69) is 25.4 Å². The molecule has 1 fully saturated rings. The molecule has 0 radical (unpaired) electrons. The van der Waals surface area contributed by atoms with Gasteiger partial charge in [-0.2, -0.15) is 10.2 Å². The van der Waals surface area contributed by atoms with Crippen molar-refractivity contribution >= 4 is 11.4 Å². The number of aromatic nitrogens is 1. The third kappa shape index (κ3) is 5.90. The van der Waals surface area contributed by atoms with Crippen molar-refractivity contribution in [3.05, 3.63) is 42.1 Å². The van der Waals surface area contributed by atoms with Gasteiger partial charge in [0.1, 0.15) is 18.9 Å². The first kappa shape index (κ1) is 19.1. The second kappa shape index (κ2) is 9.84. The lowest BCUT2D eigenvalue weighted by molar-refractivity contribution is 0.122. The lowest BCUT2D eigenvalue weighted by Gasteiger charge is -2.29. The highest BCUT2D eigenvalue weighted by molar-refractivity contribution is 5.50. The maximum Gasteiger partial charge on any atom is 0.215 e. The summed E-state index contributed by atoms with van der Waals surface area (Å²) >= 11 is 0. The van der Waals surface area contributed by atoms with Crippen molar-refractivity contribution < 1.29 is 14.6 Å². The van der Waals surface area contributed by atoms with Gasteiger partial charge in [0.15, 0.2) is 0 Å². The Bertz CT molecular complexity index is 746. The van der Waals surface area contributed by atoms with Crippen LogP contribution in [0.1, 0.15) is 5.69 Å². The summed E-state index contributed by atoms with van der Waals surface area (Å²) in [5, 5.41) is 20.8. The predicted octanol–water partition coefficient (Wildman–Crippen LogP) is 2.51. The fraction of sp³-hybridized carbons (Fsp3) is 0.421. The van der Waals surface area contributed by atoms with Crippen LogP contribution in [-0.2, 0) is 11.3 Å². The van der Waals surface area contributed by atoms with Crippen LogP contribution in [-0.4, -0.2) is 56.6 Å². The van der Waals surface area contributed by atoms with Gasteiger partial charge in [-0.15, -0.1) is 0 Å². The van der Waals surface area contributed by atoms with Crippen LogP contribution in [0.15, 0.2) is 46.6 Å². The van der Waals surface area contributed by atoms with Crippen molar-refractivity contribution in [1.29, 1.82) is 0 Å². The van der Waals surface area contributed by atoms with Gasteiger partial charge in [-0.1, -0.05) is 0 Å². The molecule has 3 rings (SSSR count). The van der Waals surface area contributed by atoms with Crippen molar-refractivity contribution in [3.63, 3.8) is 0 Å². The van der Waals surface area contributed by atoms with Crippen LogP contribution in [0.2, 0.25) is 0 Å². The first-order chi connectivity index (χ1) is 13.2. The molecule has 0 atom stereocenters. The number of likely N-dealkylation sites (N-methyl/N-ethyl adjacent to an activating group) is 1. The zero-order valence-electron chi connectivity index (χ0n) is 15.5. The molecule has 2 heterocycles. The second-order valence-corrected chi connectivity index (χ2v) is 6.12. The Morgan fingerprint density at radius 1 is 1.22 bits per heavy atom. The van der Waals surface area contributed by atoms with Gasteiger partial charge in [-0.25, -0.2) is 4.98 Å². The Labute approximate surface area is 158 Å². The third-order valence-corrected chi connectivity index (χ3v) is 4.09. The largest absolute Gasteiger partial charge is 0.508 e. The number of ether oxygens (including phenoxy) is 2. The number of rotatable bonds is 8. The molecule has 1 aliphatic heterocycles. The highest BCUT2D eigenvalue weighted by Crippen LogP contribution is 2.23. The van der Waals surface area contributed by atoms with Crippen LogP contribution in [0.4, 0.5) is 11.4 Å². The monoisotopic (exact) mass is 371 g/mol. The molecule has 0 bridgehead atoms. The first-order valence-electron chi connectivity index (χ1n) is 9.02. The number of azo groups is 1. The van der Waals surface area contributed by atoms with E-state index in [1.807, 2.05) is 19.2 Å². The highest BCUT2D eigenvalue weighted by atomic mass is 16.5. The quantitative estimate of drug-likeness (QED) is 0.547. The maximum absolute atomic E-state index is 9.32. The summed E-state index contributed by atoms with van der Waals surface area (Å²) in [6, 6.07) is 10.6. The van der Waals surface area contributed by atoms with E-state index >= 15 is 0 Å². The average Bonchev–Trinajstić information content (AvgIpc) is 2.70. The molecule has 0 saturated carbocycles. The lowest BCUT2D eigenvalue weighted by atomic mass is 10.2. The van der Waals surface area contributed by atoms with Gasteiger partial charge >= 0.3 is 0 Å². The second-order valence-electron chi connectivity index (χ2n) is 6.12. The van der Waals surface area contributed by atoms with Gasteiger partial charge in [0.2, 0.25) is 5.88 Å². The highest BCUT2D eigenvalue weighted by Gasteiger charge is 2.14. The summed E-state index contributed by atoms with van der Waals surface area (Å²) in [7, 11) is 1.89. The fourth-order valence-electron chi connectivity index (χ4n) is 2.67. The molecule has 1 aliphatic rings. The van der Waals surface area contributed by atoms with Gasteiger partial charge in [-0.3, -0.25) is 0 Å². The topological polar surface area (TPSA) is 91.6 Å². The summed E-state index contributed by atoms with van der Waals surface area (Å²) in [6.07, 6.45) is 0. The van der Waals surface area contributed by atoms with Crippen LogP contribution < -0.4 is 15.0 Å². The Morgan fingerprint density at radius 2 is 2.00 bits per heavy atom. The Balaban J connectivity index is 1.73. The Hall–Kier alpha value is -2.71. The van der Waals surface area contributed by atoms with Crippen LogP contribution in [0.5, 0.6) is 11.6 Å². The minimum absolute atomic E-state index is 0.206. The minimum atomic E-state index is 0.206. The number of benzene rings is 1. The molecule has 0 aliphatic carbocycles. The van der Waals surface area contributed by atoms with E-state index in [0.29, 0.717) is 37.9 Å². The number of pyridine rings is 1. The number of aromatic hydroxyl groups is 1. The van der Waals surface area contributed by atoms with E-state index in [9.17, 15) is 5.11 Å². The Morgan fingerprint density at radius 3 is 2.74 bits per heavy atom. The maximum atomic E-state index is 9.32. The molecule has 8 heteroatoms. The fourth-order valence-corrected chi connectivity index (χ4v) is 2.67. The number of morpholine rings is 1. The lowest BCUT2D eigenvalue weighted by Crippen LogP contribution is -2.36. The average molecular weight is 371 g/mol. The first-order valence-corrected chi connectivity index (χ1v) is 9.02. The molecule has 144 valence electrons. The molecule has 2 aromatic rings. The molecule has 0 unspecified atom stereocenters. The number of nitrogens with zero attached hydrogens (tertiary/aromatic N) is 4. The van der Waals surface area contributed by atoms with Crippen LogP contribution in [0.25, 0.3) is 0 Å². The van der Waals surface area contributed by atoms with Crippen LogP contribution >= 0.6 is 0 Å². The molecule has 8 nitrogen and oxygen atoms in total. The van der Waals surface area contributed by atoms with Gasteiger partial charge in [-0.05, 0) is 37.4 Å². The van der Waals surface area contributed by atoms with E-state index in [1.165, 1.54) is 0 Å². The van der Waals surface area contributed by atoms with Gasteiger partial charge in [0.05, 0.1) is 24.6 Å². The minimum Gasteiger partial charge on any atom is -0.508 e. The number of hydrogen-bond acceptors (Lipinski definition) is 8. The SMILES string of the molecule is CNCCOc1cc(N2CCOCC2)cc(CN=Nc2ccc(O)cc2)n1. The van der Waals surface area contributed by atoms with E-state index in [-0.39, 0.29) is 5.75 Å². The smallest absolute Gasteiger partial charge is 0.215 e.